The van der Waals surface area contributed by atoms with Crippen LogP contribution >= 0.6 is 0 Å². The molecule has 65 heavy (non-hydrogen) atoms. The molecule has 0 aromatic rings. The SMILES string of the molecule is CCCCC/C=C\C/C=C\CCCCCCCCCC(=O)OCCCCC/C=C\C/C=C\CCCCCCCCCC(=O)NC(CO)C(O)/C=C/CCCCCCCCCCCCCC. The Morgan fingerprint density at radius 3 is 1.20 bits per heavy atom. The summed E-state index contributed by atoms with van der Waals surface area (Å²) in [4.78, 5) is 24.5. The molecule has 1 amide bonds. The van der Waals surface area contributed by atoms with Gasteiger partial charge in [-0.15, -0.1) is 0 Å². The summed E-state index contributed by atoms with van der Waals surface area (Å²) in [5, 5.41) is 23.1. The van der Waals surface area contributed by atoms with Gasteiger partial charge in [-0.05, 0) is 103 Å². The largest absolute Gasteiger partial charge is 0.466 e. The maximum Gasteiger partial charge on any atom is 0.305 e. The van der Waals surface area contributed by atoms with E-state index in [0.29, 0.717) is 19.4 Å². The molecule has 0 aliphatic heterocycles. The summed E-state index contributed by atoms with van der Waals surface area (Å²) >= 11 is 0. The first kappa shape index (κ1) is 62.6. The van der Waals surface area contributed by atoms with Crippen LogP contribution in [0.1, 0.15) is 277 Å². The average Bonchev–Trinajstić information content (AvgIpc) is 3.31. The summed E-state index contributed by atoms with van der Waals surface area (Å²) in [5.41, 5.74) is 0. The normalized spacial score (nSPS) is 13.1. The number of unbranched alkanes of at least 4 members (excludes halogenated alkanes) is 32. The zero-order valence-electron chi connectivity index (χ0n) is 43.0. The molecule has 2 atom stereocenters. The molecular formula is C59H107NO5. The van der Waals surface area contributed by atoms with Gasteiger partial charge in [-0.25, -0.2) is 0 Å². The molecule has 0 rings (SSSR count). The molecule has 0 saturated heterocycles. The Hall–Kier alpha value is -2.44. The third-order valence-corrected chi connectivity index (χ3v) is 12.5. The molecule has 0 bridgehead atoms. The van der Waals surface area contributed by atoms with Gasteiger partial charge in [0.15, 0.2) is 0 Å². The fourth-order valence-electron chi connectivity index (χ4n) is 8.16. The Labute approximate surface area is 403 Å². The minimum absolute atomic E-state index is 0.0251. The highest BCUT2D eigenvalue weighted by molar-refractivity contribution is 5.76. The smallest absolute Gasteiger partial charge is 0.305 e. The molecule has 3 N–H and O–H groups in total. The second-order valence-electron chi connectivity index (χ2n) is 18.9. The van der Waals surface area contributed by atoms with E-state index in [4.69, 9.17) is 4.74 Å². The first-order valence-electron chi connectivity index (χ1n) is 28.1. The summed E-state index contributed by atoms with van der Waals surface area (Å²) in [6.07, 6.45) is 69.4. The number of carbonyl (C=O) groups is 2. The van der Waals surface area contributed by atoms with Gasteiger partial charge in [-0.3, -0.25) is 9.59 Å². The number of aliphatic hydroxyl groups is 2. The van der Waals surface area contributed by atoms with E-state index in [1.165, 1.54) is 161 Å². The topological polar surface area (TPSA) is 95.9 Å². The molecule has 0 aliphatic rings. The van der Waals surface area contributed by atoms with Crippen molar-refractivity contribution in [2.24, 2.45) is 0 Å². The van der Waals surface area contributed by atoms with Gasteiger partial charge in [0.2, 0.25) is 5.91 Å². The Kier molecular flexibility index (Phi) is 52.1. The van der Waals surface area contributed by atoms with Crippen LogP contribution in [0.3, 0.4) is 0 Å². The van der Waals surface area contributed by atoms with Crippen molar-refractivity contribution in [2.45, 2.75) is 289 Å². The quantitative estimate of drug-likeness (QED) is 0.0321. The summed E-state index contributed by atoms with van der Waals surface area (Å²) < 4.78 is 5.45. The molecule has 0 radical (unpaired) electrons. The number of rotatable bonds is 51. The third kappa shape index (κ3) is 50.8. The number of ether oxygens (including phenoxy) is 1. The lowest BCUT2D eigenvalue weighted by atomic mass is 10.0. The number of carbonyl (C=O) groups excluding carboxylic acids is 2. The van der Waals surface area contributed by atoms with Gasteiger partial charge in [0.1, 0.15) is 0 Å². The highest BCUT2D eigenvalue weighted by Crippen LogP contribution is 2.15. The van der Waals surface area contributed by atoms with E-state index in [1.807, 2.05) is 6.08 Å². The molecule has 0 saturated carbocycles. The van der Waals surface area contributed by atoms with Crippen molar-refractivity contribution in [3.05, 3.63) is 60.8 Å². The molecule has 0 aliphatic carbocycles. The number of esters is 1. The van der Waals surface area contributed by atoms with Crippen LogP contribution < -0.4 is 5.32 Å². The molecule has 0 spiro atoms. The minimum Gasteiger partial charge on any atom is -0.466 e. The van der Waals surface area contributed by atoms with Gasteiger partial charge in [0, 0.05) is 12.8 Å². The fourth-order valence-corrected chi connectivity index (χ4v) is 8.16. The lowest BCUT2D eigenvalue weighted by molar-refractivity contribution is -0.143. The average molecular weight is 911 g/mol. The highest BCUT2D eigenvalue weighted by atomic mass is 16.5. The van der Waals surface area contributed by atoms with E-state index in [1.54, 1.807) is 6.08 Å². The van der Waals surface area contributed by atoms with E-state index < -0.39 is 12.1 Å². The van der Waals surface area contributed by atoms with Crippen molar-refractivity contribution in [3.8, 4) is 0 Å². The van der Waals surface area contributed by atoms with Crippen LogP contribution in [-0.2, 0) is 14.3 Å². The summed E-state index contributed by atoms with van der Waals surface area (Å²) in [5.74, 6) is -0.111. The second-order valence-corrected chi connectivity index (χ2v) is 18.9. The molecule has 6 heteroatoms. The fraction of sp³-hybridized carbons (Fsp3) is 0.797. The molecule has 0 aromatic carbocycles. The maximum atomic E-state index is 12.4. The van der Waals surface area contributed by atoms with Gasteiger partial charge in [-0.2, -0.15) is 0 Å². The van der Waals surface area contributed by atoms with Gasteiger partial charge in [-0.1, -0.05) is 222 Å². The van der Waals surface area contributed by atoms with Crippen LogP contribution in [0.15, 0.2) is 60.8 Å². The van der Waals surface area contributed by atoms with Gasteiger partial charge < -0.3 is 20.3 Å². The number of nitrogens with one attached hydrogen (secondary N) is 1. The Balaban J connectivity index is 3.53. The van der Waals surface area contributed by atoms with Crippen LogP contribution in [0.25, 0.3) is 0 Å². The van der Waals surface area contributed by atoms with E-state index in [0.717, 1.165) is 89.9 Å². The number of aliphatic hydroxyl groups excluding tert-OH is 2. The Morgan fingerprint density at radius 2 is 0.769 bits per heavy atom. The Bertz CT molecular complexity index is 1140. The number of hydrogen-bond donors (Lipinski definition) is 3. The third-order valence-electron chi connectivity index (χ3n) is 12.5. The van der Waals surface area contributed by atoms with Crippen molar-refractivity contribution in [1.29, 1.82) is 0 Å². The number of hydrogen-bond acceptors (Lipinski definition) is 5. The first-order valence-corrected chi connectivity index (χ1v) is 28.1. The van der Waals surface area contributed by atoms with Crippen molar-refractivity contribution < 1.29 is 24.5 Å². The van der Waals surface area contributed by atoms with Crippen LogP contribution in [-0.4, -0.2) is 47.4 Å². The van der Waals surface area contributed by atoms with E-state index in [9.17, 15) is 19.8 Å². The maximum absolute atomic E-state index is 12.4. The summed E-state index contributed by atoms with van der Waals surface area (Å²) in [6, 6.07) is -0.641. The Morgan fingerprint density at radius 1 is 0.431 bits per heavy atom. The van der Waals surface area contributed by atoms with Crippen molar-refractivity contribution in [2.75, 3.05) is 13.2 Å². The number of amides is 1. The van der Waals surface area contributed by atoms with Gasteiger partial charge >= 0.3 is 5.97 Å². The zero-order valence-corrected chi connectivity index (χ0v) is 43.0. The van der Waals surface area contributed by atoms with Crippen LogP contribution in [0, 0.1) is 0 Å². The monoisotopic (exact) mass is 910 g/mol. The predicted octanol–water partition coefficient (Wildman–Crippen LogP) is 17.2. The predicted molar refractivity (Wildman–Crippen MR) is 282 cm³/mol. The van der Waals surface area contributed by atoms with Crippen LogP contribution in [0.2, 0.25) is 0 Å². The second kappa shape index (κ2) is 54.2. The van der Waals surface area contributed by atoms with Crippen molar-refractivity contribution in [3.63, 3.8) is 0 Å². The van der Waals surface area contributed by atoms with Gasteiger partial charge in [0.25, 0.3) is 0 Å². The minimum atomic E-state index is -0.856. The lowest BCUT2D eigenvalue weighted by Gasteiger charge is -2.20. The molecule has 0 fully saturated rings. The highest BCUT2D eigenvalue weighted by Gasteiger charge is 2.18. The molecule has 6 nitrogen and oxygen atoms in total. The van der Waals surface area contributed by atoms with E-state index >= 15 is 0 Å². The summed E-state index contributed by atoms with van der Waals surface area (Å²) in [7, 11) is 0. The van der Waals surface area contributed by atoms with Crippen LogP contribution in [0.4, 0.5) is 0 Å². The molecule has 0 heterocycles. The molecule has 378 valence electrons. The standard InChI is InChI=1S/C59H107NO5/c1-3-5-7-9-11-13-15-17-19-21-25-29-33-37-41-45-49-53-59(64)65-54-50-46-42-38-34-30-26-23-20-22-24-28-32-36-40-44-48-52-58(63)60-56(55-61)57(62)51-47-43-39-35-31-27-18-16-14-12-10-8-6-4-2/h11,13,17,19-20,23,30,34,47,51,56-57,61-62H,3-10,12,14-16,18,21-22,24-29,31-33,35-46,48-50,52-55H2,1-2H3,(H,60,63)/b13-11-,19-17-,23-20-,34-30-,51-47+. The van der Waals surface area contributed by atoms with Crippen LogP contribution in [0.5, 0.6) is 0 Å². The molecule has 0 aromatic heterocycles. The first-order chi connectivity index (χ1) is 32.0. The summed E-state index contributed by atoms with van der Waals surface area (Å²) in [6.45, 7) is 4.82. The molecule has 2 unspecified atom stereocenters. The van der Waals surface area contributed by atoms with Crippen molar-refractivity contribution >= 4 is 11.9 Å². The van der Waals surface area contributed by atoms with E-state index in [2.05, 4.69) is 67.8 Å². The molecular weight excluding hydrogens is 803 g/mol. The van der Waals surface area contributed by atoms with Gasteiger partial charge in [0.05, 0.1) is 25.4 Å². The van der Waals surface area contributed by atoms with Crippen molar-refractivity contribution in [1.82, 2.24) is 5.32 Å². The van der Waals surface area contributed by atoms with E-state index in [-0.39, 0.29) is 18.5 Å². The number of allylic oxidation sites excluding steroid dienone is 9. The zero-order chi connectivity index (χ0) is 47.2. The lowest BCUT2D eigenvalue weighted by Crippen LogP contribution is -2.45.